The van der Waals surface area contributed by atoms with Gasteiger partial charge >= 0.3 is 0 Å². The predicted molar refractivity (Wildman–Crippen MR) is 33.8 cm³/mol. The van der Waals surface area contributed by atoms with Crippen LogP contribution < -0.4 is 5.32 Å². The summed E-state index contributed by atoms with van der Waals surface area (Å²) in [7, 11) is 4.31. The van der Waals surface area contributed by atoms with Crippen molar-refractivity contribution in [2.45, 2.75) is 12.5 Å². The van der Waals surface area contributed by atoms with Crippen LogP contribution in [0.25, 0.3) is 0 Å². The first-order valence-corrected chi connectivity index (χ1v) is 3.29. The van der Waals surface area contributed by atoms with Crippen molar-refractivity contribution in [2.24, 2.45) is 0 Å². The first-order valence-electron chi connectivity index (χ1n) is 3.29. The van der Waals surface area contributed by atoms with E-state index in [1.807, 2.05) is 0 Å². The van der Waals surface area contributed by atoms with E-state index < -0.39 is 0 Å². The van der Waals surface area contributed by atoms with Crippen molar-refractivity contribution < 1.29 is 5.32 Å². The maximum atomic E-state index is 2.38. The monoisotopic (exact) mass is 115 g/mol. The highest BCUT2D eigenvalue weighted by molar-refractivity contribution is 4.66. The van der Waals surface area contributed by atoms with Gasteiger partial charge in [0.25, 0.3) is 0 Å². The number of hydrogen-bond acceptors (Lipinski definition) is 1. The van der Waals surface area contributed by atoms with Crippen molar-refractivity contribution in [1.82, 2.24) is 4.90 Å². The van der Waals surface area contributed by atoms with Gasteiger partial charge in [-0.25, -0.2) is 0 Å². The van der Waals surface area contributed by atoms with Gasteiger partial charge in [-0.15, -0.1) is 0 Å². The Hall–Kier alpha value is -0.0800. The second kappa shape index (κ2) is 2.46. The summed E-state index contributed by atoms with van der Waals surface area (Å²) in [6.45, 7) is 2.62. The molecule has 1 fully saturated rings. The molecule has 1 heterocycles. The molecular formula is C6H15N2+. The van der Waals surface area contributed by atoms with Gasteiger partial charge in [0, 0.05) is 6.42 Å². The lowest BCUT2D eigenvalue weighted by molar-refractivity contribution is -0.637. The van der Waals surface area contributed by atoms with Crippen LogP contribution in [0.5, 0.6) is 0 Å². The number of likely N-dealkylation sites (N-methyl/N-ethyl adjacent to an activating group) is 1. The Balaban J connectivity index is 2.24. The number of hydrogen-bond donors (Lipinski definition) is 1. The Morgan fingerprint density at radius 3 is 2.50 bits per heavy atom. The third kappa shape index (κ3) is 1.20. The Morgan fingerprint density at radius 1 is 1.50 bits per heavy atom. The summed E-state index contributed by atoms with van der Waals surface area (Å²) < 4.78 is 0. The SMILES string of the molecule is CN(C)[C@H]1CC[NH2+]C1. The largest absolute Gasteiger partial charge is 0.345 e. The Morgan fingerprint density at radius 2 is 2.25 bits per heavy atom. The third-order valence-electron chi connectivity index (χ3n) is 1.87. The molecule has 1 rings (SSSR count). The van der Waals surface area contributed by atoms with Crippen molar-refractivity contribution in [2.75, 3.05) is 27.2 Å². The van der Waals surface area contributed by atoms with E-state index in [2.05, 4.69) is 24.3 Å². The van der Waals surface area contributed by atoms with Crippen molar-refractivity contribution in [3.8, 4) is 0 Å². The summed E-state index contributed by atoms with van der Waals surface area (Å²) in [6.07, 6.45) is 1.37. The predicted octanol–water partition coefficient (Wildman–Crippen LogP) is -1.12. The van der Waals surface area contributed by atoms with Crippen molar-refractivity contribution >= 4 is 0 Å². The van der Waals surface area contributed by atoms with Gasteiger partial charge in [-0.1, -0.05) is 0 Å². The zero-order chi connectivity index (χ0) is 5.98. The minimum absolute atomic E-state index is 0.843. The molecule has 0 aliphatic carbocycles. The fourth-order valence-corrected chi connectivity index (χ4v) is 1.21. The molecule has 1 aliphatic heterocycles. The maximum Gasteiger partial charge on any atom is 0.0915 e. The van der Waals surface area contributed by atoms with Gasteiger partial charge < -0.3 is 10.2 Å². The van der Waals surface area contributed by atoms with Crippen LogP contribution in [-0.2, 0) is 0 Å². The van der Waals surface area contributed by atoms with E-state index in [1.165, 1.54) is 19.5 Å². The summed E-state index contributed by atoms with van der Waals surface area (Å²) in [5.74, 6) is 0. The minimum atomic E-state index is 0.843. The second-order valence-electron chi connectivity index (χ2n) is 2.72. The first kappa shape index (κ1) is 6.05. The Labute approximate surface area is 50.9 Å². The van der Waals surface area contributed by atoms with Gasteiger partial charge in [-0.05, 0) is 14.1 Å². The molecule has 2 heteroatoms. The van der Waals surface area contributed by atoms with Gasteiger partial charge in [0.05, 0.1) is 19.1 Å². The van der Waals surface area contributed by atoms with Gasteiger partial charge in [-0.3, -0.25) is 0 Å². The highest BCUT2D eigenvalue weighted by atomic mass is 15.1. The van der Waals surface area contributed by atoms with Gasteiger partial charge in [0.2, 0.25) is 0 Å². The minimum Gasteiger partial charge on any atom is -0.345 e. The third-order valence-corrected chi connectivity index (χ3v) is 1.87. The topological polar surface area (TPSA) is 19.9 Å². The molecule has 1 saturated heterocycles. The second-order valence-corrected chi connectivity index (χ2v) is 2.72. The molecule has 0 spiro atoms. The molecule has 48 valence electrons. The van der Waals surface area contributed by atoms with Crippen molar-refractivity contribution in [1.29, 1.82) is 0 Å². The Bertz CT molecular complexity index is 64.9. The quantitative estimate of drug-likeness (QED) is 0.459. The number of quaternary nitrogens is 1. The van der Waals surface area contributed by atoms with E-state index in [0.29, 0.717) is 0 Å². The highest BCUT2D eigenvalue weighted by Crippen LogP contribution is 1.96. The molecule has 0 unspecified atom stereocenters. The number of nitrogens with two attached hydrogens (primary N) is 1. The van der Waals surface area contributed by atoms with Gasteiger partial charge in [-0.2, -0.15) is 0 Å². The molecule has 2 N–H and O–H groups in total. The van der Waals surface area contributed by atoms with Crippen LogP contribution in [0.1, 0.15) is 6.42 Å². The summed E-state index contributed by atoms with van der Waals surface area (Å²) in [4.78, 5) is 2.31. The average Bonchev–Trinajstić information content (AvgIpc) is 2.12. The zero-order valence-corrected chi connectivity index (χ0v) is 5.72. The smallest absolute Gasteiger partial charge is 0.0915 e. The van der Waals surface area contributed by atoms with E-state index in [4.69, 9.17) is 0 Å². The molecule has 1 aliphatic rings. The van der Waals surface area contributed by atoms with Crippen molar-refractivity contribution in [3.63, 3.8) is 0 Å². The van der Waals surface area contributed by atoms with Crippen LogP contribution in [0.4, 0.5) is 0 Å². The molecule has 0 aromatic heterocycles. The summed E-state index contributed by atoms with van der Waals surface area (Å²) in [5, 5.41) is 2.38. The standard InChI is InChI=1S/C6H14N2/c1-8(2)6-3-4-7-5-6/h6-7H,3-5H2,1-2H3/p+1/t6-/m0/s1. The van der Waals surface area contributed by atoms with Crippen LogP contribution in [-0.4, -0.2) is 38.1 Å². The summed E-state index contributed by atoms with van der Waals surface area (Å²) in [5.41, 5.74) is 0. The molecule has 0 amide bonds. The average molecular weight is 115 g/mol. The Kier molecular flexibility index (Phi) is 1.86. The first-order chi connectivity index (χ1) is 3.80. The fourth-order valence-electron chi connectivity index (χ4n) is 1.21. The number of nitrogens with zero attached hydrogens (tertiary/aromatic N) is 1. The highest BCUT2D eigenvalue weighted by Gasteiger charge is 2.18. The lowest BCUT2D eigenvalue weighted by atomic mass is 10.2. The molecule has 8 heavy (non-hydrogen) atoms. The van der Waals surface area contributed by atoms with Crippen LogP contribution in [0.15, 0.2) is 0 Å². The lowest BCUT2D eigenvalue weighted by Crippen LogP contribution is -2.82. The summed E-state index contributed by atoms with van der Waals surface area (Å²) >= 11 is 0. The molecule has 1 atom stereocenters. The van der Waals surface area contributed by atoms with Crippen LogP contribution in [0.2, 0.25) is 0 Å². The van der Waals surface area contributed by atoms with E-state index in [9.17, 15) is 0 Å². The molecule has 0 saturated carbocycles. The zero-order valence-electron chi connectivity index (χ0n) is 5.72. The van der Waals surface area contributed by atoms with Crippen LogP contribution in [0, 0.1) is 0 Å². The van der Waals surface area contributed by atoms with E-state index in [1.54, 1.807) is 0 Å². The van der Waals surface area contributed by atoms with E-state index in [-0.39, 0.29) is 0 Å². The number of rotatable bonds is 1. The lowest BCUT2D eigenvalue weighted by Gasteiger charge is -2.14. The molecular weight excluding hydrogens is 100 g/mol. The maximum absolute atomic E-state index is 2.38. The van der Waals surface area contributed by atoms with Gasteiger partial charge in [0.1, 0.15) is 0 Å². The molecule has 0 aromatic carbocycles. The van der Waals surface area contributed by atoms with E-state index >= 15 is 0 Å². The summed E-state index contributed by atoms with van der Waals surface area (Å²) in [6, 6.07) is 0.843. The van der Waals surface area contributed by atoms with Gasteiger partial charge in [0.15, 0.2) is 0 Å². The van der Waals surface area contributed by atoms with E-state index in [0.717, 1.165) is 6.04 Å². The van der Waals surface area contributed by atoms with Crippen LogP contribution >= 0.6 is 0 Å². The molecule has 0 bridgehead atoms. The van der Waals surface area contributed by atoms with Crippen LogP contribution in [0.3, 0.4) is 0 Å². The normalized spacial score (nSPS) is 29.6. The fraction of sp³-hybridized carbons (Fsp3) is 1.00. The molecule has 0 radical (unpaired) electrons. The molecule has 0 aromatic rings. The molecule has 2 nitrogen and oxygen atoms in total. The van der Waals surface area contributed by atoms with Crippen molar-refractivity contribution in [3.05, 3.63) is 0 Å².